The molecule has 0 aliphatic rings. The van der Waals surface area contributed by atoms with Crippen LogP contribution in [0.25, 0.3) is 0 Å². The van der Waals surface area contributed by atoms with Crippen molar-refractivity contribution in [2.75, 3.05) is 11.5 Å². The Balaban J connectivity index is 4.46. The maximum absolute atomic E-state index is 11.4. The minimum Gasteiger partial charge on any atom is -0.772 e. The molecule has 0 aromatic carbocycles. The van der Waals surface area contributed by atoms with E-state index < -0.39 is 39.6 Å². The first-order valence-electron chi connectivity index (χ1n) is 4.00. The molecule has 0 aliphatic heterocycles. The lowest BCUT2D eigenvalue weighted by Gasteiger charge is -2.20. The Kier molecular flexibility index (Phi) is 6.34. The minimum atomic E-state index is -2.39. The Bertz CT molecular complexity index is 234. The zero-order chi connectivity index (χ0) is 11.3. The van der Waals surface area contributed by atoms with Crippen molar-refractivity contribution in [1.82, 2.24) is 0 Å². The second-order valence-electron chi connectivity index (χ2n) is 3.19. The highest BCUT2D eigenvalue weighted by Gasteiger charge is 2.21. The van der Waals surface area contributed by atoms with Gasteiger partial charge in [0.1, 0.15) is 5.78 Å². The second-order valence-corrected chi connectivity index (χ2v) is 5.08. The SMILES string of the molecule is CC(C)C(=O)C(CS(=O)[O-])CS(=O)[O-]. The third-order valence-electron chi connectivity index (χ3n) is 1.65. The summed E-state index contributed by atoms with van der Waals surface area (Å²) in [5, 5.41) is 0. The maximum atomic E-state index is 11.4. The van der Waals surface area contributed by atoms with Crippen LogP contribution in [0.15, 0.2) is 0 Å². The van der Waals surface area contributed by atoms with E-state index in [1.54, 1.807) is 13.8 Å². The lowest BCUT2D eigenvalue weighted by Crippen LogP contribution is -2.29. The fourth-order valence-corrected chi connectivity index (χ4v) is 2.38. The molecule has 0 fully saturated rings. The van der Waals surface area contributed by atoms with Gasteiger partial charge in [0.05, 0.1) is 0 Å². The van der Waals surface area contributed by atoms with Crippen LogP contribution in [0, 0.1) is 11.8 Å². The van der Waals surface area contributed by atoms with Crippen molar-refractivity contribution < 1.29 is 22.3 Å². The summed E-state index contributed by atoms with van der Waals surface area (Å²) in [6, 6.07) is 0. The average molecular weight is 240 g/mol. The van der Waals surface area contributed by atoms with E-state index in [-0.39, 0.29) is 11.7 Å². The number of rotatable bonds is 6. The molecular formula is C7H12O5S2-2. The van der Waals surface area contributed by atoms with Crippen LogP contribution < -0.4 is 0 Å². The fourth-order valence-electron chi connectivity index (χ4n) is 1.01. The van der Waals surface area contributed by atoms with Gasteiger partial charge >= 0.3 is 0 Å². The molecule has 0 aromatic rings. The molecule has 84 valence electrons. The number of carbonyl (C=O) groups is 1. The van der Waals surface area contributed by atoms with E-state index in [1.165, 1.54) is 0 Å². The molecule has 0 aromatic heterocycles. The molecule has 2 unspecified atom stereocenters. The largest absolute Gasteiger partial charge is 0.772 e. The third kappa shape index (κ3) is 5.58. The van der Waals surface area contributed by atoms with E-state index in [1.807, 2.05) is 0 Å². The van der Waals surface area contributed by atoms with E-state index in [2.05, 4.69) is 0 Å². The van der Waals surface area contributed by atoms with Crippen molar-refractivity contribution >= 4 is 27.9 Å². The summed E-state index contributed by atoms with van der Waals surface area (Å²) in [7, 11) is 0. The van der Waals surface area contributed by atoms with Gasteiger partial charge in [-0.1, -0.05) is 36.0 Å². The third-order valence-corrected chi connectivity index (χ3v) is 3.00. The van der Waals surface area contributed by atoms with Crippen molar-refractivity contribution in [2.45, 2.75) is 13.8 Å². The van der Waals surface area contributed by atoms with Crippen LogP contribution in [0.5, 0.6) is 0 Å². The predicted molar refractivity (Wildman–Crippen MR) is 50.9 cm³/mol. The monoisotopic (exact) mass is 240 g/mol. The van der Waals surface area contributed by atoms with Gasteiger partial charge in [-0.05, 0) is 0 Å². The van der Waals surface area contributed by atoms with Gasteiger partial charge < -0.3 is 9.11 Å². The van der Waals surface area contributed by atoms with Crippen molar-refractivity contribution in [3.05, 3.63) is 0 Å². The number of hydrogen-bond donors (Lipinski definition) is 0. The van der Waals surface area contributed by atoms with Gasteiger partial charge in [-0.25, -0.2) is 0 Å². The fraction of sp³-hybridized carbons (Fsp3) is 0.857. The first kappa shape index (κ1) is 13.9. The number of hydrogen-bond acceptors (Lipinski definition) is 5. The van der Waals surface area contributed by atoms with Gasteiger partial charge in [0, 0.05) is 23.3 Å². The van der Waals surface area contributed by atoms with E-state index >= 15 is 0 Å². The molecule has 2 atom stereocenters. The molecule has 0 saturated carbocycles. The summed E-state index contributed by atoms with van der Waals surface area (Å²) in [6.07, 6.45) is 0. The second kappa shape index (κ2) is 6.39. The summed E-state index contributed by atoms with van der Waals surface area (Å²) in [5.41, 5.74) is 0. The molecule has 0 spiro atoms. The molecule has 0 aliphatic carbocycles. The van der Waals surface area contributed by atoms with E-state index in [4.69, 9.17) is 0 Å². The summed E-state index contributed by atoms with van der Waals surface area (Å²) in [5.74, 6) is -2.48. The Labute approximate surface area is 87.8 Å². The summed E-state index contributed by atoms with van der Waals surface area (Å²) >= 11 is -4.79. The van der Waals surface area contributed by atoms with Gasteiger partial charge in [0.15, 0.2) is 0 Å². The summed E-state index contributed by atoms with van der Waals surface area (Å²) in [6.45, 7) is 3.22. The first-order valence-corrected chi connectivity index (χ1v) is 6.48. The van der Waals surface area contributed by atoms with E-state index in [0.717, 1.165) is 0 Å². The molecule has 0 amide bonds. The Morgan fingerprint density at radius 2 is 1.50 bits per heavy atom. The lowest BCUT2D eigenvalue weighted by atomic mass is 9.99. The highest BCUT2D eigenvalue weighted by Crippen LogP contribution is 2.09. The van der Waals surface area contributed by atoms with Gasteiger partial charge in [-0.15, -0.1) is 0 Å². The van der Waals surface area contributed by atoms with Crippen LogP contribution in [-0.4, -0.2) is 34.8 Å². The molecular weight excluding hydrogens is 228 g/mol. The van der Waals surface area contributed by atoms with Gasteiger partial charge in [-0.3, -0.25) is 13.2 Å². The molecule has 14 heavy (non-hydrogen) atoms. The Morgan fingerprint density at radius 1 is 1.14 bits per heavy atom. The standard InChI is InChI=1S/C7H14O5S2/c1-5(2)7(8)6(3-13(9)10)4-14(11)12/h5-6H,3-4H2,1-2H3,(H,9,10)(H,11,12)/p-2. The van der Waals surface area contributed by atoms with E-state index in [0.29, 0.717) is 0 Å². The molecule has 0 rings (SSSR count). The molecule has 7 heteroatoms. The van der Waals surface area contributed by atoms with Crippen LogP contribution in [0.1, 0.15) is 13.8 Å². The highest BCUT2D eigenvalue weighted by atomic mass is 32.2. The quantitative estimate of drug-likeness (QED) is 0.588. The highest BCUT2D eigenvalue weighted by molar-refractivity contribution is 7.80. The predicted octanol–water partition coefficient (Wildman–Crippen LogP) is -0.414. The number of Topliss-reactive ketones (excluding diaryl/α,β-unsaturated/α-hetero) is 1. The van der Waals surface area contributed by atoms with Gasteiger partial charge in [0.25, 0.3) is 0 Å². The normalized spacial score (nSPS) is 17.8. The molecule has 0 N–H and O–H groups in total. The lowest BCUT2D eigenvalue weighted by molar-refractivity contribution is -0.124. The molecule has 5 nitrogen and oxygen atoms in total. The topological polar surface area (TPSA) is 97.3 Å². The Hall–Kier alpha value is -0.110. The molecule has 0 bridgehead atoms. The van der Waals surface area contributed by atoms with Gasteiger partial charge in [-0.2, -0.15) is 0 Å². The number of carbonyl (C=O) groups excluding carboxylic acids is 1. The van der Waals surface area contributed by atoms with Crippen LogP contribution in [0.3, 0.4) is 0 Å². The van der Waals surface area contributed by atoms with Crippen molar-refractivity contribution in [1.29, 1.82) is 0 Å². The van der Waals surface area contributed by atoms with Crippen molar-refractivity contribution in [3.63, 3.8) is 0 Å². The molecule has 0 radical (unpaired) electrons. The van der Waals surface area contributed by atoms with E-state index in [9.17, 15) is 22.3 Å². The molecule has 0 saturated heterocycles. The van der Waals surface area contributed by atoms with Crippen LogP contribution in [0.2, 0.25) is 0 Å². The zero-order valence-electron chi connectivity index (χ0n) is 7.93. The Morgan fingerprint density at radius 3 is 1.71 bits per heavy atom. The first-order chi connectivity index (χ1) is 6.34. The van der Waals surface area contributed by atoms with Crippen LogP contribution in [-0.2, 0) is 27.0 Å². The maximum Gasteiger partial charge on any atom is 0.140 e. The van der Waals surface area contributed by atoms with Crippen LogP contribution in [0.4, 0.5) is 0 Å². The molecule has 0 heterocycles. The summed E-state index contributed by atoms with van der Waals surface area (Å²) in [4.78, 5) is 11.4. The zero-order valence-corrected chi connectivity index (χ0v) is 9.56. The van der Waals surface area contributed by atoms with Gasteiger partial charge in [0.2, 0.25) is 0 Å². The van der Waals surface area contributed by atoms with Crippen molar-refractivity contribution in [3.8, 4) is 0 Å². The summed E-state index contributed by atoms with van der Waals surface area (Å²) < 4.78 is 41.5. The van der Waals surface area contributed by atoms with Crippen molar-refractivity contribution in [2.24, 2.45) is 11.8 Å². The smallest absolute Gasteiger partial charge is 0.140 e. The average Bonchev–Trinajstić information content (AvgIpc) is 1.99. The number of ketones is 1. The minimum absolute atomic E-state index is 0.335. The van der Waals surface area contributed by atoms with Crippen LogP contribution >= 0.6 is 0 Å².